The molecule has 0 saturated heterocycles. The van der Waals surface area contributed by atoms with Crippen molar-refractivity contribution in [2.75, 3.05) is 32.1 Å². The minimum atomic E-state index is 1.12. The molecule has 0 saturated carbocycles. The first-order chi connectivity index (χ1) is 10.7. The van der Waals surface area contributed by atoms with E-state index in [4.69, 9.17) is 0 Å². The predicted octanol–water partition coefficient (Wildman–Crippen LogP) is 3.74. The van der Waals surface area contributed by atoms with Gasteiger partial charge in [-0.25, -0.2) is 0 Å². The SMILES string of the molecule is CN1CCCc2ccccc21.CN1CCc2ccccc2C1. The molecule has 0 unspecified atom stereocenters. The van der Waals surface area contributed by atoms with Gasteiger partial charge in [0, 0.05) is 32.4 Å². The molecule has 0 aromatic heterocycles. The van der Waals surface area contributed by atoms with Crippen LogP contribution in [0.3, 0.4) is 0 Å². The lowest BCUT2D eigenvalue weighted by molar-refractivity contribution is 0.313. The number of para-hydroxylation sites is 1. The van der Waals surface area contributed by atoms with Crippen LogP contribution in [0, 0.1) is 0 Å². The van der Waals surface area contributed by atoms with E-state index in [2.05, 4.69) is 72.4 Å². The molecule has 0 bridgehead atoms. The lowest BCUT2D eigenvalue weighted by Crippen LogP contribution is -2.26. The second-order valence-corrected chi connectivity index (χ2v) is 6.41. The Morgan fingerprint density at radius 3 is 2.18 bits per heavy atom. The van der Waals surface area contributed by atoms with Crippen molar-refractivity contribution in [3.8, 4) is 0 Å². The molecule has 2 aromatic carbocycles. The maximum atomic E-state index is 2.36. The molecule has 2 aromatic rings. The molecule has 4 rings (SSSR count). The van der Waals surface area contributed by atoms with E-state index in [1.54, 1.807) is 0 Å². The molecule has 2 nitrogen and oxygen atoms in total. The zero-order valence-corrected chi connectivity index (χ0v) is 13.8. The molecule has 0 amide bonds. The summed E-state index contributed by atoms with van der Waals surface area (Å²) in [5, 5.41) is 0. The molecule has 2 aliphatic rings. The zero-order chi connectivity index (χ0) is 15.4. The third-order valence-corrected chi connectivity index (χ3v) is 4.66. The average molecular weight is 294 g/mol. The lowest BCUT2D eigenvalue weighted by atomic mass is 10.0. The molecule has 22 heavy (non-hydrogen) atoms. The summed E-state index contributed by atoms with van der Waals surface area (Å²) in [6.07, 6.45) is 3.76. The highest BCUT2D eigenvalue weighted by Crippen LogP contribution is 2.24. The minimum Gasteiger partial charge on any atom is -0.374 e. The summed E-state index contributed by atoms with van der Waals surface area (Å²) in [4.78, 5) is 4.70. The summed E-state index contributed by atoms with van der Waals surface area (Å²) in [7, 11) is 4.34. The van der Waals surface area contributed by atoms with Crippen LogP contribution in [0.25, 0.3) is 0 Å². The smallest absolute Gasteiger partial charge is 0.0396 e. The Bertz CT molecular complexity index is 621. The first kappa shape index (κ1) is 15.1. The van der Waals surface area contributed by atoms with Gasteiger partial charge < -0.3 is 9.80 Å². The van der Waals surface area contributed by atoms with Crippen LogP contribution >= 0.6 is 0 Å². The second-order valence-electron chi connectivity index (χ2n) is 6.41. The van der Waals surface area contributed by atoms with Crippen LogP contribution in [-0.2, 0) is 19.4 Å². The summed E-state index contributed by atoms with van der Waals surface area (Å²) in [5.41, 5.74) is 5.95. The fourth-order valence-corrected chi connectivity index (χ4v) is 3.36. The first-order valence-corrected chi connectivity index (χ1v) is 8.28. The van der Waals surface area contributed by atoms with Gasteiger partial charge >= 0.3 is 0 Å². The van der Waals surface area contributed by atoms with Crippen LogP contribution in [0.1, 0.15) is 23.1 Å². The van der Waals surface area contributed by atoms with Crippen molar-refractivity contribution in [2.24, 2.45) is 0 Å². The van der Waals surface area contributed by atoms with E-state index in [0.29, 0.717) is 0 Å². The Labute approximate surface area is 134 Å². The molecule has 2 heterocycles. The highest BCUT2D eigenvalue weighted by atomic mass is 15.1. The Hall–Kier alpha value is -1.80. The average Bonchev–Trinajstić information content (AvgIpc) is 2.56. The van der Waals surface area contributed by atoms with Crippen LogP contribution in [0.2, 0.25) is 0 Å². The third kappa shape index (κ3) is 3.50. The second kappa shape index (κ2) is 6.97. The van der Waals surface area contributed by atoms with Gasteiger partial charge in [0.25, 0.3) is 0 Å². The van der Waals surface area contributed by atoms with Crippen LogP contribution in [0.4, 0.5) is 5.69 Å². The number of benzene rings is 2. The summed E-state index contributed by atoms with van der Waals surface area (Å²) < 4.78 is 0. The van der Waals surface area contributed by atoms with Gasteiger partial charge in [0.1, 0.15) is 0 Å². The molecule has 2 aliphatic heterocycles. The number of aryl methyl sites for hydroxylation is 1. The number of nitrogens with zero attached hydrogens (tertiary/aromatic N) is 2. The topological polar surface area (TPSA) is 6.48 Å². The van der Waals surface area contributed by atoms with Crippen LogP contribution < -0.4 is 4.90 Å². The first-order valence-electron chi connectivity index (χ1n) is 8.28. The predicted molar refractivity (Wildman–Crippen MR) is 94.5 cm³/mol. The van der Waals surface area contributed by atoms with E-state index < -0.39 is 0 Å². The van der Waals surface area contributed by atoms with Gasteiger partial charge in [-0.1, -0.05) is 42.5 Å². The maximum Gasteiger partial charge on any atom is 0.0396 e. The summed E-state index contributed by atoms with van der Waals surface area (Å²) >= 11 is 0. The van der Waals surface area contributed by atoms with Crippen molar-refractivity contribution < 1.29 is 0 Å². The van der Waals surface area contributed by atoms with Gasteiger partial charge in [-0.05, 0) is 49.1 Å². The normalized spacial score (nSPS) is 17.1. The molecular formula is C20H26N2. The van der Waals surface area contributed by atoms with Gasteiger partial charge in [-0.3, -0.25) is 0 Å². The number of hydrogen-bond acceptors (Lipinski definition) is 2. The summed E-state index contributed by atoms with van der Waals surface area (Å²) in [6.45, 7) is 3.53. The Morgan fingerprint density at radius 1 is 0.727 bits per heavy atom. The minimum absolute atomic E-state index is 1.12. The van der Waals surface area contributed by atoms with Crippen LogP contribution in [0.5, 0.6) is 0 Å². The molecule has 2 heteroatoms. The lowest BCUT2D eigenvalue weighted by Gasteiger charge is -2.26. The fraction of sp³-hybridized carbons (Fsp3) is 0.400. The van der Waals surface area contributed by atoms with Gasteiger partial charge in [-0.15, -0.1) is 0 Å². The summed E-state index contributed by atoms with van der Waals surface area (Å²) in [5.74, 6) is 0. The van der Waals surface area contributed by atoms with Crippen molar-refractivity contribution in [3.05, 3.63) is 65.2 Å². The van der Waals surface area contributed by atoms with Crippen molar-refractivity contribution in [1.82, 2.24) is 4.90 Å². The molecule has 0 N–H and O–H groups in total. The van der Waals surface area contributed by atoms with E-state index in [9.17, 15) is 0 Å². The highest BCUT2D eigenvalue weighted by molar-refractivity contribution is 5.54. The van der Waals surface area contributed by atoms with E-state index in [1.165, 1.54) is 54.7 Å². The molecule has 0 fully saturated rings. The van der Waals surface area contributed by atoms with E-state index in [0.717, 1.165) is 6.54 Å². The van der Waals surface area contributed by atoms with Crippen LogP contribution in [-0.4, -0.2) is 32.1 Å². The maximum absolute atomic E-state index is 2.36. The van der Waals surface area contributed by atoms with E-state index in [-0.39, 0.29) is 0 Å². The van der Waals surface area contributed by atoms with Gasteiger partial charge in [0.15, 0.2) is 0 Å². The number of rotatable bonds is 0. The van der Waals surface area contributed by atoms with Gasteiger partial charge in [-0.2, -0.15) is 0 Å². The Kier molecular flexibility index (Phi) is 4.79. The molecule has 0 spiro atoms. The largest absolute Gasteiger partial charge is 0.374 e. The van der Waals surface area contributed by atoms with Crippen LogP contribution in [0.15, 0.2) is 48.5 Å². The highest BCUT2D eigenvalue weighted by Gasteiger charge is 2.11. The summed E-state index contributed by atoms with van der Waals surface area (Å²) in [6, 6.07) is 17.4. The number of hydrogen-bond donors (Lipinski definition) is 0. The van der Waals surface area contributed by atoms with Crippen molar-refractivity contribution in [3.63, 3.8) is 0 Å². The molecule has 0 atom stereocenters. The van der Waals surface area contributed by atoms with Crippen molar-refractivity contribution in [2.45, 2.75) is 25.8 Å². The van der Waals surface area contributed by atoms with Gasteiger partial charge in [0.05, 0.1) is 0 Å². The number of fused-ring (bicyclic) bond motifs is 2. The van der Waals surface area contributed by atoms with Crippen molar-refractivity contribution in [1.29, 1.82) is 0 Å². The third-order valence-electron chi connectivity index (χ3n) is 4.66. The quantitative estimate of drug-likeness (QED) is 0.730. The number of likely N-dealkylation sites (N-methyl/N-ethyl adjacent to an activating group) is 1. The monoisotopic (exact) mass is 294 g/mol. The van der Waals surface area contributed by atoms with Crippen molar-refractivity contribution >= 4 is 5.69 Å². The fourth-order valence-electron chi connectivity index (χ4n) is 3.36. The standard InChI is InChI=1S/2C10H13N/c1-11-8-4-6-9-5-2-3-7-10(9)11;1-11-7-6-9-4-2-3-5-10(9)8-11/h2-3,5,7H,4,6,8H2,1H3;2-5H,6-8H2,1H3. The van der Waals surface area contributed by atoms with E-state index in [1.807, 2.05) is 0 Å². The molecule has 116 valence electrons. The number of anilines is 1. The zero-order valence-electron chi connectivity index (χ0n) is 13.8. The Balaban J connectivity index is 0.000000131. The molecule has 0 aliphatic carbocycles. The van der Waals surface area contributed by atoms with Gasteiger partial charge in [0.2, 0.25) is 0 Å². The molecular weight excluding hydrogens is 268 g/mol. The molecule has 0 radical (unpaired) electrons. The Morgan fingerprint density at radius 2 is 1.41 bits per heavy atom. The van der Waals surface area contributed by atoms with E-state index >= 15 is 0 Å².